The van der Waals surface area contributed by atoms with E-state index in [0.717, 1.165) is 18.2 Å². The first-order chi connectivity index (χ1) is 9.37. The van der Waals surface area contributed by atoms with E-state index in [1.807, 2.05) is 4.57 Å². The molecule has 1 aromatic carbocycles. The third-order valence-electron chi connectivity index (χ3n) is 3.09. The van der Waals surface area contributed by atoms with Crippen LogP contribution in [0.1, 0.15) is 10.4 Å². The number of benzene rings is 1. The molecular formula is C14H20N2O3Si. The fourth-order valence-electron chi connectivity index (χ4n) is 1.84. The van der Waals surface area contributed by atoms with Gasteiger partial charge >= 0.3 is 5.97 Å². The Hall–Kier alpha value is -1.66. The van der Waals surface area contributed by atoms with E-state index in [-0.39, 0.29) is 5.56 Å². The average molecular weight is 292 g/mol. The summed E-state index contributed by atoms with van der Waals surface area (Å²) >= 11 is 0. The molecule has 2 aromatic rings. The maximum atomic E-state index is 10.9. The number of rotatable bonds is 6. The molecule has 108 valence electrons. The van der Waals surface area contributed by atoms with Crippen LogP contribution in [-0.4, -0.2) is 35.3 Å². The largest absolute Gasteiger partial charge is 0.478 e. The number of ether oxygens (including phenoxy) is 1. The standard InChI is InChI=1S/C14H20N2O3Si/c1-20(2,3)7-6-19-10-16-9-15-12-8-11(14(17)18)4-5-13(12)16/h4-5,8-9H,6-7,10H2,1-3H3,(H,17,18). The highest BCUT2D eigenvalue weighted by Crippen LogP contribution is 2.15. The smallest absolute Gasteiger partial charge is 0.335 e. The molecular weight excluding hydrogens is 272 g/mol. The predicted molar refractivity (Wildman–Crippen MR) is 80.8 cm³/mol. The minimum absolute atomic E-state index is 0.252. The lowest BCUT2D eigenvalue weighted by Gasteiger charge is -2.15. The fraction of sp³-hybridized carbons (Fsp3) is 0.429. The van der Waals surface area contributed by atoms with Gasteiger partial charge in [-0.15, -0.1) is 0 Å². The van der Waals surface area contributed by atoms with Crippen LogP contribution in [0.4, 0.5) is 0 Å². The maximum Gasteiger partial charge on any atom is 0.335 e. The summed E-state index contributed by atoms with van der Waals surface area (Å²) in [5.41, 5.74) is 1.82. The summed E-state index contributed by atoms with van der Waals surface area (Å²) in [4.78, 5) is 15.1. The Bertz CT molecular complexity index is 616. The number of aromatic carboxylic acids is 1. The van der Waals surface area contributed by atoms with Gasteiger partial charge in [-0.2, -0.15) is 0 Å². The molecule has 5 nitrogen and oxygen atoms in total. The van der Waals surface area contributed by atoms with Gasteiger partial charge in [-0.25, -0.2) is 9.78 Å². The van der Waals surface area contributed by atoms with Crippen molar-refractivity contribution in [1.29, 1.82) is 0 Å². The number of carboxylic acid groups (broad SMARTS) is 1. The quantitative estimate of drug-likeness (QED) is 0.656. The molecule has 0 bridgehead atoms. The van der Waals surface area contributed by atoms with Crippen LogP contribution in [0.2, 0.25) is 25.7 Å². The van der Waals surface area contributed by atoms with E-state index in [2.05, 4.69) is 24.6 Å². The van der Waals surface area contributed by atoms with Gasteiger partial charge in [0.15, 0.2) is 0 Å². The van der Waals surface area contributed by atoms with E-state index >= 15 is 0 Å². The van der Waals surface area contributed by atoms with E-state index in [9.17, 15) is 4.79 Å². The number of hydrogen-bond acceptors (Lipinski definition) is 3. The van der Waals surface area contributed by atoms with Crippen LogP contribution in [-0.2, 0) is 11.5 Å². The SMILES string of the molecule is C[Si](C)(C)CCOCn1cnc2cc(C(=O)O)ccc21. The van der Waals surface area contributed by atoms with Crippen molar-refractivity contribution in [2.75, 3.05) is 6.61 Å². The lowest BCUT2D eigenvalue weighted by molar-refractivity contribution is 0.0697. The summed E-state index contributed by atoms with van der Waals surface area (Å²) in [5, 5.41) is 8.95. The molecule has 2 rings (SSSR count). The van der Waals surface area contributed by atoms with Crippen LogP contribution >= 0.6 is 0 Å². The molecule has 0 aliphatic carbocycles. The van der Waals surface area contributed by atoms with Crippen molar-refractivity contribution in [1.82, 2.24) is 9.55 Å². The number of carboxylic acids is 1. The van der Waals surface area contributed by atoms with E-state index in [4.69, 9.17) is 9.84 Å². The molecule has 0 atom stereocenters. The van der Waals surface area contributed by atoms with Crippen LogP contribution < -0.4 is 0 Å². The lowest BCUT2D eigenvalue weighted by atomic mass is 10.2. The minimum Gasteiger partial charge on any atom is -0.478 e. The molecule has 0 radical (unpaired) electrons. The number of aromatic nitrogens is 2. The number of nitrogens with zero attached hydrogens (tertiary/aromatic N) is 2. The number of fused-ring (bicyclic) bond motifs is 1. The van der Waals surface area contributed by atoms with Gasteiger partial charge in [0.25, 0.3) is 0 Å². The van der Waals surface area contributed by atoms with Crippen molar-refractivity contribution >= 4 is 25.1 Å². The molecule has 0 aliphatic rings. The lowest BCUT2D eigenvalue weighted by Crippen LogP contribution is -2.21. The van der Waals surface area contributed by atoms with E-state index < -0.39 is 14.0 Å². The second-order valence-electron chi connectivity index (χ2n) is 6.07. The van der Waals surface area contributed by atoms with Gasteiger partial charge in [-0.3, -0.25) is 0 Å². The van der Waals surface area contributed by atoms with Gasteiger partial charge in [-0.05, 0) is 24.2 Å². The molecule has 0 aliphatic heterocycles. The Kier molecular flexibility index (Phi) is 4.25. The number of carbonyl (C=O) groups is 1. The molecule has 0 unspecified atom stereocenters. The first-order valence-electron chi connectivity index (χ1n) is 6.63. The minimum atomic E-state index is -1.07. The van der Waals surface area contributed by atoms with Gasteiger partial charge in [0.1, 0.15) is 6.73 Å². The normalized spacial score (nSPS) is 11.9. The molecule has 0 spiro atoms. The van der Waals surface area contributed by atoms with Gasteiger partial charge < -0.3 is 14.4 Å². The van der Waals surface area contributed by atoms with Crippen LogP contribution in [0.15, 0.2) is 24.5 Å². The average Bonchev–Trinajstić information content (AvgIpc) is 2.76. The maximum absolute atomic E-state index is 10.9. The Morgan fingerprint density at radius 1 is 1.40 bits per heavy atom. The summed E-state index contributed by atoms with van der Waals surface area (Å²) in [7, 11) is -1.07. The van der Waals surface area contributed by atoms with Gasteiger partial charge in [0.2, 0.25) is 0 Å². The second kappa shape index (κ2) is 5.76. The molecule has 1 N–H and O–H groups in total. The zero-order valence-corrected chi connectivity index (χ0v) is 13.1. The van der Waals surface area contributed by atoms with E-state index in [1.54, 1.807) is 24.5 Å². The van der Waals surface area contributed by atoms with Crippen LogP contribution in [0.25, 0.3) is 11.0 Å². The molecule has 0 amide bonds. The Labute approximate surface area is 119 Å². The van der Waals surface area contributed by atoms with Crippen molar-refractivity contribution in [2.45, 2.75) is 32.4 Å². The molecule has 1 heterocycles. The van der Waals surface area contributed by atoms with Crippen LogP contribution in [0.3, 0.4) is 0 Å². The Morgan fingerprint density at radius 2 is 2.15 bits per heavy atom. The van der Waals surface area contributed by atoms with Crippen LogP contribution in [0, 0.1) is 0 Å². The monoisotopic (exact) mass is 292 g/mol. The Balaban J connectivity index is 2.03. The summed E-state index contributed by atoms with van der Waals surface area (Å²) in [6.45, 7) is 8.15. The van der Waals surface area contributed by atoms with Gasteiger partial charge in [0, 0.05) is 14.7 Å². The summed E-state index contributed by atoms with van der Waals surface area (Å²) in [6.07, 6.45) is 1.69. The topological polar surface area (TPSA) is 64.4 Å². The highest BCUT2D eigenvalue weighted by atomic mass is 28.3. The molecule has 0 fully saturated rings. The van der Waals surface area contributed by atoms with Crippen molar-refractivity contribution < 1.29 is 14.6 Å². The van der Waals surface area contributed by atoms with Crippen molar-refractivity contribution in [3.63, 3.8) is 0 Å². The first kappa shape index (κ1) is 14.7. The molecule has 0 saturated carbocycles. The van der Waals surface area contributed by atoms with E-state index in [1.165, 1.54) is 0 Å². The zero-order valence-electron chi connectivity index (χ0n) is 12.1. The number of hydrogen-bond donors (Lipinski definition) is 1. The first-order valence-corrected chi connectivity index (χ1v) is 10.3. The van der Waals surface area contributed by atoms with Crippen LogP contribution in [0.5, 0.6) is 0 Å². The summed E-state index contributed by atoms with van der Waals surface area (Å²) in [5.74, 6) is -0.937. The third-order valence-corrected chi connectivity index (χ3v) is 4.80. The van der Waals surface area contributed by atoms with Crippen molar-refractivity contribution in [2.24, 2.45) is 0 Å². The molecule has 1 aromatic heterocycles. The number of imidazole rings is 1. The molecule has 6 heteroatoms. The van der Waals surface area contributed by atoms with E-state index in [0.29, 0.717) is 12.2 Å². The molecule has 0 saturated heterocycles. The van der Waals surface area contributed by atoms with Gasteiger partial charge in [-0.1, -0.05) is 19.6 Å². The highest BCUT2D eigenvalue weighted by molar-refractivity contribution is 6.76. The van der Waals surface area contributed by atoms with Gasteiger partial charge in [0.05, 0.1) is 22.9 Å². The molecule has 20 heavy (non-hydrogen) atoms. The fourth-order valence-corrected chi connectivity index (χ4v) is 2.60. The van der Waals surface area contributed by atoms with Crippen molar-refractivity contribution in [3.8, 4) is 0 Å². The summed E-state index contributed by atoms with van der Waals surface area (Å²) < 4.78 is 7.58. The third kappa shape index (κ3) is 3.67. The van der Waals surface area contributed by atoms with Crippen molar-refractivity contribution in [3.05, 3.63) is 30.1 Å². The predicted octanol–water partition coefficient (Wildman–Crippen LogP) is 3.05. The zero-order chi connectivity index (χ0) is 14.8. The second-order valence-corrected chi connectivity index (χ2v) is 11.7. The Morgan fingerprint density at radius 3 is 2.80 bits per heavy atom. The summed E-state index contributed by atoms with van der Waals surface area (Å²) in [6, 6.07) is 6.07. The highest BCUT2D eigenvalue weighted by Gasteiger charge is 2.12.